The smallest absolute Gasteiger partial charge is 0.227 e. The number of nitrogens with one attached hydrogen (secondary N) is 2. The van der Waals surface area contributed by atoms with Crippen LogP contribution in [0.25, 0.3) is 0 Å². The highest BCUT2D eigenvalue weighted by Gasteiger charge is 2.23. The molecular formula is C25H40N4O3. The number of likely N-dealkylation sites (tertiary alicyclic amines) is 1. The minimum atomic E-state index is 0.156. The van der Waals surface area contributed by atoms with Gasteiger partial charge in [-0.05, 0) is 56.7 Å². The Morgan fingerprint density at radius 1 is 1.16 bits per heavy atom. The van der Waals surface area contributed by atoms with Crippen molar-refractivity contribution in [3.05, 3.63) is 29.8 Å². The van der Waals surface area contributed by atoms with Crippen LogP contribution in [0.15, 0.2) is 29.3 Å². The van der Waals surface area contributed by atoms with Crippen LogP contribution in [0.2, 0.25) is 0 Å². The van der Waals surface area contributed by atoms with Crippen molar-refractivity contribution in [2.75, 3.05) is 45.3 Å². The normalized spacial score (nSPS) is 18.2. The second-order valence-corrected chi connectivity index (χ2v) is 8.74. The molecule has 7 nitrogen and oxygen atoms in total. The molecule has 2 fully saturated rings. The summed E-state index contributed by atoms with van der Waals surface area (Å²) in [6.45, 7) is 6.92. The van der Waals surface area contributed by atoms with E-state index in [-0.39, 0.29) is 11.8 Å². The monoisotopic (exact) mass is 444 g/mol. The maximum atomic E-state index is 12.4. The fraction of sp³-hybridized carbons (Fsp3) is 0.680. The molecule has 1 aliphatic heterocycles. The van der Waals surface area contributed by atoms with Crippen molar-refractivity contribution in [1.82, 2.24) is 10.2 Å². The number of carbonyl (C=O) groups is 1. The molecule has 0 atom stereocenters. The zero-order chi connectivity index (χ0) is 22.6. The standard InChI is InChI=1S/C25H40N4O3/c1-3-26-25(29-14-12-23(13-15-29)32-17-7-16-31-2)27-19-20-8-6-11-22(18-20)28-24(30)21-9-4-5-10-21/h6,8,11,18,21,23H,3-5,7,9-10,12-17,19H2,1-2H3,(H,26,27)(H,28,30). The van der Waals surface area contributed by atoms with Crippen LogP contribution >= 0.6 is 0 Å². The van der Waals surface area contributed by atoms with Crippen molar-refractivity contribution in [3.8, 4) is 0 Å². The number of nitrogens with zero attached hydrogens (tertiary/aromatic N) is 2. The fourth-order valence-corrected chi connectivity index (χ4v) is 4.46. The third-order valence-corrected chi connectivity index (χ3v) is 6.25. The molecule has 2 aliphatic rings. The number of benzene rings is 1. The maximum absolute atomic E-state index is 12.4. The zero-order valence-electron chi connectivity index (χ0n) is 19.8. The first-order chi connectivity index (χ1) is 15.7. The van der Waals surface area contributed by atoms with Gasteiger partial charge in [-0.25, -0.2) is 4.99 Å². The molecule has 3 rings (SSSR count). The van der Waals surface area contributed by atoms with Crippen LogP contribution in [0.1, 0.15) is 57.4 Å². The summed E-state index contributed by atoms with van der Waals surface area (Å²) in [4.78, 5) is 19.6. The van der Waals surface area contributed by atoms with Crippen LogP contribution in [-0.4, -0.2) is 62.8 Å². The molecule has 1 aromatic rings. The van der Waals surface area contributed by atoms with Crippen LogP contribution < -0.4 is 10.6 Å². The van der Waals surface area contributed by atoms with Gasteiger partial charge in [0, 0.05) is 51.6 Å². The molecule has 2 N–H and O–H groups in total. The summed E-state index contributed by atoms with van der Waals surface area (Å²) in [6.07, 6.45) is 7.65. The zero-order valence-corrected chi connectivity index (χ0v) is 19.8. The van der Waals surface area contributed by atoms with E-state index >= 15 is 0 Å². The van der Waals surface area contributed by atoms with Gasteiger partial charge in [-0.2, -0.15) is 0 Å². The number of amides is 1. The topological polar surface area (TPSA) is 75.2 Å². The van der Waals surface area contributed by atoms with Crippen molar-refractivity contribution >= 4 is 17.6 Å². The Morgan fingerprint density at radius 2 is 1.94 bits per heavy atom. The van der Waals surface area contributed by atoms with E-state index < -0.39 is 0 Å². The van der Waals surface area contributed by atoms with E-state index in [1.165, 1.54) is 0 Å². The van der Waals surface area contributed by atoms with Gasteiger partial charge in [-0.3, -0.25) is 4.79 Å². The molecule has 1 amide bonds. The van der Waals surface area contributed by atoms with Crippen LogP contribution in [0, 0.1) is 5.92 Å². The minimum Gasteiger partial charge on any atom is -0.385 e. The molecule has 1 aromatic carbocycles. The molecule has 0 radical (unpaired) electrons. The number of aliphatic imine (C=N–C) groups is 1. The first-order valence-corrected chi connectivity index (χ1v) is 12.2. The third-order valence-electron chi connectivity index (χ3n) is 6.25. The van der Waals surface area contributed by atoms with Gasteiger partial charge < -0.3 is 25.0 Å². The second kappa shape index (κ2) is 13.4. The lowest BCUT2D eigenvalue weighted by Crippen LogP contribution is -2.47. The molecule has 32 heavy (non-hydrogen) atoms. The SMILES string of the molecule is CCNC(=NCc1cccc(NC(=O)C2CCCC2)c1)N1CCC(OCCCOC)CC1. The maximum Gasteiger partial charge on any atom is 0.227 e. The quantitative estimate of drug-likeness (QED) is 0.326. The third kappa shape index (κ3) is 7.78. The number of hydrogen-bond acceptors (Lipinski definition) is 4. The van der Waals surface area contributed by atoms with E-state index in [0.29, 0.717) is 12.6 Å². The molecule has 1 saturated carbocycles. The van der Waals surface area contributed by atoms with E-state index in [9.17, 15) is 4.79 Å². The Morgan fingerprint density at radius 3 is 2.66 bits per heavy atom. The molecule has 0 bridgehead atoms. The summed E-state index contributed by atoms with van der Waals surface area (Å²) in [5, 5.41) is 6.52. The molecule has 1 aliphatic carbocycles. The summed E-state index contributed by atoms with van der Waals surface area (Å²) in [5.41, 5.74) is 1.96. The summed E-state index contributed by atoms with van der Waals surface area (Å²) in [5.74, 6) is 1.28. The lowest BCUT2D eigenvalue weighted by molar-refractivity contribution is -0.119. The molecule has 1 heterocycles. The largest absolute Gasteiger partial charge is 0.385 e. The van der Waals surface area contributed by atoms with Crippen LogP contribution in [-0.2, 0) is 20.8 Å². The van der Waals surface area contributed by atoms with E-state index in [1.54, 1.807) is 7.11 Å². The lowest BCUT2D eigenvalue weighted by Gasteiger charge is -2.34. The number of anilines is 1. The second-order valence-electron chi connectivity index (χ2n) is 8.74. The molecule has 178 valence electrons. The number of methoxy groups -OCH3 is 1. The fourth-order valence-electron chi connectivity index (χ4n) is 4.46. The number of guanidine groups is 1. The first-order valence-electron chi connectivity index (χ1n) is 12.2. The average molecular weight is 445 g/mol. The number of hydrogen-bond donors (Lipinski definition) is 2. The molecular weight excluding hydrogens is 404 g/mol. The van der Waals surface area contributed by atoms with Gasteiger partial charge in [0.2, 0.25) is 5.91 Å². The average Bonchev–Trinajstić information content (AvgIpc) is 3.36. The van der Waals surface area contributed by atoms with Crippen molar-refractivity contribution in [3.63, 3.8) is 0 Å². The van der Waals surface area contributed by atoms with Gasteiger partial charge in [0.05, 0.1) is 12.6 Å². The van der Waals surface area contributed by atoms with Crippen molar-refractivity contribution in [1.29, 1.82) is 0 Å². The summed E-state index contributed by atoms with van der Waals surface area (Å²) >= 11 is 0. The first kappa shape index (κ1) is 24.5. The molecule has 7 heteroatoms. The number of piperidine rings is 1. The van der Waals surface area contributed by atoms with Crippen molar-refractivity contribution in [2.45, 2.75) is 64.5 Å². The van der Waals surface area contributed by atoms with Gasteiger partial charge in [-0.15, -0.1) is 0 Å². The van der Waals surface area contributed by atoms with Gasteiger partial charge in [-0.1, -0.05) is 25.0 Å². The minimum absolute atomic E-state index is 0.156. The summed E-state index contributed by atoms with van der Waals surface area (Å²) < 4.78 is 11.1. The molecule has 1 saturated heterocycles. The van der Waals surface area contributed by atoms with Crippen LogP contribution in [0.4, 0.5) is 5.69 Å². The highest BCUT2D eigenvalue weighted by atomic mass is 16.5. The molecule has 0 spiro atoms. The van der Waals surface area contributed by atoms with Crippen LogP contribution in [0.5, 0.6) is 0 Å². The highest BCUT2D eigenvalue weighted by molar-refractivity contribution is 5.92. The Hall–Kier alpha value is -2.12. The molecule has 0 unspecified atom stereocenters. The Balaban J connectivity index is 1.51. The van der Waals surface area contributed by atoms with Gasteiger partial charge >= 0.3 is 0 Å². The summed E-state index contributed by atoms with van der Waals surface area (Å²) in [7, 11) is 1.73. The van der Waals surface area contributed by atoms with E-state index in [4.69, 9.17) is 14.5 Å². The van der Waals surface area contributed by atoms with Crippen molar-refractivity contribution < 1.29 is 14.3 Å². The Bertz CT molecular complexity index is 726. The predicted octanol–water partition coefficient (Wildman–Crippen LogP) is 3.80. The van der Waals surface area contributed by atoms with Gasteiger partial charge in [0.1, 0.15) is 0 Å². The van der Waals surface area contributed by atoms with Gasteiger partial charge in [0.15, 0.2) is 5.96 Å². The van der Waals surface area contributed by atoms with E-state index in [1.807, 2.05) is 18.2 Å². The Kier molecular flexibility index (Phi) is 10.3. The number of ether oxygens (including phenoxy) is 2. The predicted molar refractivity (Wildman–Crippen MR) is 129 cm³/mol. The van der Waals surface area contributed by atoms with Crippen LogP contribution in [0.3, 0.4) is 0 Å². The van der Waals surface area contributed by atoms with Crippen molar-refractivity contribution in [2.24, 2.45) is 10.9 Å². The molecule has 0 aromatic heterocycles. The number of rotatable bonds is 10. The van der Waals surface area contributed by atoms with Gasteiger partial charge in [0.25, 0.3) is 0 Å². The highest BCUT2D eigenvalue weighted by Crippen LogP contribution is 2.26. The van der Waals surface area contributed by atoms with E-state index in [0.717, 1.165) is 95.0 Å². The summed E-state index contributed by atoms with van der Waals surface area (Å²) in [6, 6.07) is 8.07. The lowest BCUT2D eigenvalue weighted by atomic mass is 10.1. The van der Waals surface area contributed by atoms with E-state index in [2.05, 4.69) is 28.5 Å². The number of carbonyl (C=O) groups excluding carboxylic acids is 1. The Labute approximate surface area is 192 Å².